The van der Waals surface area contributed by atoms with Crippen molar-refractivity contribution in [1.29, 1.82) is 0 Å². The molecule has 1 saturated carbocycles. The van der Waals surface area contributed by atoms with Crippen LogP contribution in [0.2, 0.25) is 5.02 Å². The molecule has 1 aliphatic carbocycles. The van der Waals surface area contributed by atoms with E-state index in [4.69, 9.17) is 11.6 Å². The molecule has 0 aliphatic heterocycles. The third kappa shape index (κ3) is 2.87. The SMILES string of the molecule is CCNC(=O)c1c(C(O)c2ccc(Cl)cc2)cnn1C1CC1. The van der Waals surface area contributed by atoms with E-state index in [9.17, 15) is 9.90 Å². The molecule has 0 spiro atoms. The first kappa shape index (κ1) is 15.1. The molecule has 1 atom stereocenters. The number of hydrogen-bond donors (Lipinski definition) is 2. The van der Waals surface area contributed by atoms with Gasteiger partial charge in [0.1, 0.15) is 11.8 Å². The number of hydrogen-bond acceptors (Lipinski definition) is 3. The fraction of sp³-hybridized carbons (Fsp3) is 0.375. The molecule has 22 heavy (non-hydrogen) atoms. The molecule has 116 valence electrons. The van der Waals surface area contributed by atoms with Gasteiger partial charge in [0.05, 0.1) is 12.2 Å². The number of aromatic nitrogens is 2. The molecule has 0 radical (unpaired) electrons. The molecule has 1 aromatic heterocycles. The topological polar surface area (TPSA) is 67.2 Å². The second-order valence-corrected chi connectivity index (χ2v) is 5.87. The first-order chi connectivity index (χ1) is 10.6. The number of amides is 1. The summed E-state index contributed by atoms with van der Waals surface area (Å²) in [7, 11) is 0. The van der Waals surface area contributed by atoms with Gasteiger partial charge in [-0.3, -0.25) is 9.48 Å². The number of aliphatic hydroxyl groups excluding tert-OH is 1. The third-order valence-corrected chi connectivity index (χ3v) is 4.00. The summed E-state index contributed by atoms with van der Waals surface area (Å²) >= 11 is 5.88. The Kier molecular flexibility index (Phi) is 4.18. The highest BCUT2D eigenvalue weighted by Crippen LogP contribution is 2.37. The molecule has 0 saturated heterocycles. The highest BCUT2D eigenvalue weighted by Gasteiger charge is 2.32. The lowest BCUT2D eigenvalue weighted by molar-refractivity contribution is 0.0939. The Labute approximate surface area is 133 Å². The Balaban J connectivity index is 1.98. The van der Waals surface area contributed by atoms with E-state index in [1.807, 2.05) is 6.92 Å². The van der Waals surface area contributed by atoms with Crippen molar-refractivity contribution in [2.75, 3.05) is 6.54 Å². The van der Waals surface area contributed by atoms with Crippen molar-refractivity contribution in [3.63, 3.8) is 0 Å². The van der Waals surface area contributed by atoms with Crippen molar-refractivity contribution in [3.05, 3.63) is 52.3 Å². The zero-order chi connectivity index (χ0) is 15.7. The Morgan fingerprint density at radius 1 is 1.45 bits per heavy atom. The maximum atomic E-state index is 12.4. The second-order valence-electron chi connectivity index (χ2n) is 5.44. The van der Waals surface area contributed by atoms with E-state index in [2.05, 4.69) is 10.4 Å². The average Bonchev–Trinajstić information content (AvgIpc) is 3.26. The summed E-state index contributed by atoms with van der Waals surface area (Å²) in [6.45, 7) is 2.40. The lowest BCUT2D eigenvalue weighted by atomic mass is 10.0. The van der Waals surface area contributed by atoms with Crippen LogP contribution in [-0.4, -0.2) is 27.3 Å². The minimum absolute atomic E-state index is 0.199. The number of carbonyl (C=O) groups excluding carboxylic acids is 1. The van der Waals surface area contributed by atoms with Crippen molar-refractivity contribution in [1.82, 2.24) is 15.1 Å². The molecule has 1 amide bonds. The normalized spacial score (nSPS) is 15.6. The zero-order valence-electron chi connectivity index (χ0n) is 12.3. The quantitative estimate of drug-likeness (QED) is 0.890. The number of carbonyl (C=O) groups is 1. The lowest BCUT2D eigenvalue weighted by Gasteiger charge is -2.13. The number of halogens is 1. The molecule has 6 heteroatoms. The van der Waals surface area contributed by atoms with Gasteiger partial charge in [-0.15, -0.1) is 0 Å². The van der Waals surface area contributed by atoms with E-state index in [1.165, 1.54) is 0 Å². The van der Waals surface area contributed by atoms with E-state index in [-0.39, 0.29) is 11.9 Å². The van der Waals surface area contributed by atoms with E-state index < -0.39 is 6.10 Å². The molecule has 1 aliphatic rings. The predicted molar refractivity (Wildman–Crippen MR) is 84.0 cm³/mol. The van der Waals surface area contributed by atoms with Crippen molar-refractivity contribution < 1.29 is 9.90 Å². The average molecular weight is 320 g/mol. The molecule has 2 N–H and O–H groups in total. The van der Waals surface area contributed by atoms with E-state index >= 15 is 0 Å². The maximum Gasteiger partial charge on any atom is 0.269 e. The van der Waals surface area contributed by atoms with Crippen LogP contribution in [0.4, 0.5) is 0 Å². The lowest BCUT2D eigenvalue weighted by Crippen LogP contribution is -2.27. The molecular weight excluding hydrogens is 302 g/mol. The van der Waals surface area contributed by atoms with E-state index in [1.54, 1.807) is 35.1 Å². The van der Waals surface area contributed by atoms with Gasteiger partial charge in [0.25, 0.3) is 5.91 Å². The Hall–Kier alpha value is -1.85. The number of benzene rings is 1. The summed E-state index contributed by atoms with van der Waals surface area (Å²) in [5, 5.41) is 18.3. The summed E-state index contributed by atoms with van der Waals surface area (Å²) in [4.78, 5) is 12.4. The first-order valence-corrected chi connectivity index (χ1v) is 7.78. The standard InChI is InChI=1S/C16H18ClN3O2/c1-2-18-16(22)14-13(9-19-20(14)12-7-8-12)15(21)10-3-5-11(17)6-4-10/h3-6,9,12,15,21H,2,7-8H2,1H3,(H,18,22). The van der Waals surface area contributed by atoms with Crippen LogP contribution in [0.25, 0.3) is 0 Å². The molecule has 1 fully saturated rings. The summed E-state index contributed by atoms with van der Waals surface area (Å²) < 4.78 is 1.74. The predicted octanol–water partition coefficient (Wildman–Crippen LogP) is 2.70. The maximum absolute atomic E-state index is 12.4. The van der Waals surface area contributed by atoms with Crippen LogP contribution in [-0.2, 0) is 0 Å². The third-order valence-electron chi connectivity index (χ3n) is 3.75. The first-order valence-electron chi connectivity index (χ1n) is 7.41. The minimum atomic E-state index is -0.901. The number of nitrogens with zero attached hydrogens (tertiary/aromatic N) is 2. The van der Waals surface area contributed by atoms with Gasteiger partial charge in [-0.2, -0.15) is 5.10 Å². The molecule has 5 nitrogen and oxygen atoms in total. The van der Waals surface area contributed by atoms with Crippen LogP contribution in [0.3, 0.4) is 0 Å². The number of nitrogens with one attached hydrogen (secondary N) is 1. The van der Waals surface area contributed by atoms with Gasteiger partial charge in [-0.25, -0.2) is 0 Å². The summed E-state index contributed by atoms with van der Waals surface area (Å²) in [6.07, 6.45) is 2.72. The number of rotatable bonds is 5. The molecule has 1 unspecified atom stereocenters. The van der Waals surface area contributed by atoms with E-state index in [0.29, 0.717) is 28.4 Å². The molecule has 1 aromatic carbocycles. The van der Waals surface area contributed by atoms with Crippen LogP contribution in [0.5, 0.6) is 0 Å². The van der Waals surface area contributed by atoms with Crippen LogP contribution < -0.4 is 5.32 Å². The fourth-order valence-corrected chi connectivity index (χ4v) is 2.60. The van der Waals surface area contributed by atoms with Crippen LogP contribution >= 0.6 is 11.6 Å². The van der Waals surface area contributed by atoms with Crippen LogP contribution in [0, 0.1) is 0 Å². The van der Waals surface area contributed by atoms with E-state index in [0.717, 1.165) is 12.8 Å². The molecule has 1 heterocycles. The Morgan fingerprint density at radius 3 is 2.73 bits per heavy atom. The second kappa shape index (κ2) is 6.10. The van der Waals surface area contributed by atoms with Gasteiger partial charge in [-0.05, 0) is 37.5 Å². The highest BCUT2D eigenvalue weighted by molar-refractivity contribution is 6.30. The van der Waals surface area contributed by atoms with Crippen molar-refractivity contribution >= 4 is 17.5 Å². The zero-order valence-corrected chi connectivity index (χ0v) is 13.0. The largest absolute Gasteiger partial charge is 0.384 e. The smallest absolute Gasteiger partial charge is 0.269 e. The Bertz CT molecular complexity index is 677. The van der Waals surface area contributed by atoms with Gasteiger partial charge in [0.15, 0.2) is 0 Å². The Morgan fingerprint density at radius 2 is 2.14 bits per heavy atom. The van der Waals surface area contributed by atoms with Gasteiger partial charge in [0, 0.05) is 17.1 Å². The van der Waals surface area contributed by atoms with Crippen molar-refractivity contribution in [2.45, 2.75) is 31.9 Å². The van der Waals surface area contributed by atoms with Gasteiger partial charge < -0.3 is 10.4 Å². The monoisotopic (exact) mass is 319 g/mol. The van der Waals surface area contributed by atoms with Crippen LogP contribution in [0.15, 0.2) is 30.5 Å². The summed E-state index contributed by atoms with van der Waals surface area (Å²) in [5.41, 5.74) is 1.66. The van der Waals surface area contributed by atoms with Crippen molar-refractivity contribution in [2.24, 2.45) is 0 Å². The minimum Gasteiger partial charge on any atom is -0.384 e. The number of aliphatic hydroxyl groups is 1. The van der Waals surface area contributed by atoms with Crippen molar-refractivity contribution in [3.8, 4) is 0 Å². The highest BCUT2D eigenvalue weighted by atomic mass is 35.5. The van der Waals surface area contributed by atoms with Gasteiger partial charge in [0.2, 0.25) is 0 Å². The molecule has 2 aromatic rings. The van der Waals surface area contributed by atoms with Gasteiger partial charge in [-0.1, -0.05) is 23.7 Å². The van der Waals surface area contributed by atoms with Gasteiger partial charge >= 0.3 is 0 Å². The van der Waals surface area contributed by atoms with Crippen LogP contribution in [0.1, 0.15) is 53.5 Å². The summed E-state index contributed by atoms with van der Waals surface area (Å²) in [6, 6.07) is 7.21. The fourth-order valence-electron chi connectivity index (χ4n) is 2.48. The molecule has 3 rings (SSSR count). The molecular formula is C16H18ClN3O2. The molecule has 0 bridgehead atoms. The summed E-state index contributed by atoms with van der Waals surface area (Å²) in [5.74, 6) is -0.199.